The Morgan fingerprint density at radius 2 is 1.72 bits per heavy atom. The van der Waals surface area contributed by atoms with E-state index >= 15 is 0 Å². The second kappa shape index (κ2) is 14.9. The lowest BCUT2D eigenvalue weighted by Crippen LogP contribution is -2.33. The van der Waals surface area contributed by atoms with Crippen molar-refractivity contribution in [3.8, 4) is 0 Å². The van der Waals surface area contributed by atoms with E-state index in [1.807, 2.05) is 12.1 Å². The van der Waals surface area contributed by atoms with Gasteiger partial charge in [-0.3, -0.25) is 0 Å². The largest absolute Gasteiger partial charge is 0.460 e. The summed E-state index contributed by atoms with van der Waals surface area (Å²) in [6.07, 6.45) is 32.7. The van der Waals surface area contributed by atoms with Crippen LogP contribution in [0, 0.1) is 23.7 Å². The number of nitrogens with one attached hydrogen (secondary N) is 1. The van der Waals surface area contributed by atoms with Gasteiger partial charge in [-0.15, -0.1) is 0 Å². The Bertz CT molecular complexity index is 2370. The van der Waals surface area contributed by atoms with Gasteiger partial charge in [0.15, 0.2) is 5.84 Å². The zero-order valence-electron chi connectivity index (χ0n) is 31.2. The molecule has 1 aromatic heterocycles. The summed E-state index contributed by atoms with van der Waals surface area (Å²) >= 11 is 0. The number of rotatable bonds is 10. The molecular weight excluding hydrogens is 659 g/mol. The number of hydrogen-bond acceptors (Lipinski definition) is 4. The fourth-order valence-corrected chi connectivity index (χ4v) is 8.97. The third kappa shape index (κ3) is 6.66. The van der Waals surface area contributed by atoms with Crippen LogP contribution in [0.5, 0.6) is 0 Å². The first-order valence-electron chi connectivity index (χ1n) is 19.7. The minimum atomic E-state index is -0.256. The van der Waals surface area contributed by atoms with Gasteiger partial charge in [0.1, 0.15) is 23.3 Å². The summed E-state index contributed by atoms with van der Waals surface area (Å²) < 4.78 is 6.57. The number of furan rings is 1. The summed E-state index contributed by atoms with van der Waals surface area (Å²) in [6.45, 7) is 4.23. The molecule has 4 aliphatic carbocycles. The van der Waals surface area contributed by atoms with Crippen LogP contribution in [0.1, 0.15) is 73.7 Å². The summed E-state index contributed by atoms with van der Waals surface area (Å²) in [7, 11) is 0. The van der Waals surface area contributed by atoms with Crippen molar-refractivity contribution in [1.29, 1.82) is 0 Å². The Morgan fingerprint density at radius 3 is 2.56 bits per heavy atom. The smallest absolute Gasteiger partial charge is 0.160 e. The summed E-state index contributed by atoms with van der Waals surface area (Å²) in [5.41, 5.74) is 11.1. The summed E-state index contributed by atoms with van der Waals surface area (Å²) in [5.74, 6) is 5.11. The molecule has 5 aliphatic rings. The molecule has 0 amide bonds. The van der Waals surface area contributed by atoms with Crippen molar-refractivity contribution in [2.45, 2.75) is 52.1 Å². The van der Waals surface area contributed by atoms with Gasteiger partial charge < -0.3 is 9.73 Å². The molecule has 1 N–H and O–H groups in total. The first-order valence-corrected chi connectivity index (χ1v) is 19.7. The topological polar surface area (TPSA) is 49.9 Å². The van der Waals surface area contributed by atoms with Crippen LogP contribution in [0.15, 0.2) is 182 Å². The van der Waals surface area contributed by atoms with Crippen LogP contribution in [0.3, 0.4) is 0 Å². The van der Waals surface area contributed by atoms with Crippen LogP contribution in [-0.4, -0.2) is 11.7 Å². The number of aryl methyl sites for hydroxylation is 1. The van der Waals surface area contributed by atoms with Crippen molar-refractivity contribution in [3.05, 3.63) is 196 Å². The summed E-state index contributed by atoms with van der Waals surface area (Å²) in [5, 5.41) is 4.70. The van der Waals surface area contributed by atoms with Crippen molar-refractivity contribution in [2.75, 3.05) is 0 Å². The lowest BCUT2D eigenvalue weighted by atomic mass is 9.80. The number of fused-ring (bicyclic) bond motifs is 4. The summed E-state index contributed by atoms with van der Waals surface area (Å²) in [4.78, 5) is 10.4. The molecular formula is C50H47N3O. The molecule has 0 saturated heterocycles. The molecule has 1 fully saturated rings. The van der Waals surface area contributed by atoms with Crippen molar-refractivity contribution >= 4 is 28.7 Å². The van der Waals surface area contributed by atoms with Crippen molar-refractivity contribution < 1.29 is 4.42 Å². The van der Waals surface area contributed by atoms with Gasteiger partial charge in [-0.2, -0.15) is 0 Å². The van der Waals surface area contributed by atoms with Crippen molar-refractivity contribution in [2.24, 2.45) is 33.7 Å². The second-order valence-electron chi connectivity index (χ2n) is 15.1. The Hall–Kier alpha value is -5.74. The van der Waals surface area contributed by atoms with Gasteiger partial charge in [-0.25, -0.2) is 9.98 Å². The lowest BCUT2D eigenvalue weighted by molar-refractivity contribution is 0.542. The van der Waals surface area contributed by atoms with Crippen LogP contribution >= 0.6 is 0 Å². The molecule has 4 aromatic rings. The number of aliphatic imine (C=N–C) groups is 2. The van der Waals surface area contributed by atoms with E-state index < -0.39 is 0 Å². The molecule has 0 radical (unpaired) electrons. The van der Waals surface area contributed by atoms with Crippen LogP contribution in [0.2, 0.25) is 0 Å². The van der Waals surface area contributed by atoms with Gasteiger partial charge in [0.25, 0.3) is 0 Å². The standard InChI is InChI=1S/C50H47N3O/c1-3-5-6-13-23-40-41-28-26-38(39(16-4-2)46(40)41)31-33-17-14-22-36(30-33)37-27-29-44-43(32-37)47-42(24-15-25-45(47)54-44)50-52-48(34-18-9-7-10-19-34)51-49(53-50)35-20-11-8-12-21-35/h3-22,24-26,28,32-33,40-41,46,48H,23,27,29-31H2,1-2H3,(H,51,52,53)/b5-3-,13-6-,16-4-/t33-,40?,41?,46-,48?/m1/s1. The number of benzene rings is 3. The minimum absolute atomic E-state index is 0.256. The van der Waals surface area contributed by atoms with E-state index in [0.717, 1.165) is 83.1 Å². The fourth-order valence-electron chi connectivity index (χ4n) is 8.97. The van der Waals surface area contributed by atoms with Gasteiger partial charge in [0.05, 0.1) is 0 Å². The zero-order valence-corrected chi connectivity index (χ0v) is 31.2. The van der Waals surface area contributed by atoms with Crippen LogP contribution in [-0.2, 0) is 6.42 Å². The van der Waals surface area contributed by atoms with E-state index in [1.165, 1.54) is 22.3 Å². The van der Waals surface area contributed by atoms with E-state index in [4.69, 9.17) is 14.4 Å². The maximum absolute atomic E-state index is 6.57. The maximum Gasteiger partial charge on any atom is 0.160 e. The Labute approximate surface area is 319 Å². The molecule has 3 aromatic carbocycles. The van der Waals surface area contributed by atoms with Gasteiger partial charge in [-0.05, 0) is 103 Å². The normalized spacial score (nSPS) is 24.7. The molecule has 54 heavy (non-hydrogen) atoms. The monoisotopic (exact) mass is 705 g/mol. The van der Waals surface area contributed by atoms with Crippen molar-refractivity contribution in [1.82, 2.24) is 5.32 Å². The van der Waals surface area contributed by atoms with Gasteiger partial charge >= 0.3 is 0 Å². The number of hydrogen-bond donors (Lipinski definition) is 1. The molecule has 0 bridgehead atoms. The van der Waals surface area contributed by atoms with Crippen LogP contribution in [0.25, 0.3) is 17.0 Å². The minimum Gasteiger partial charge on any atom is -0.460 e. The average molecular weight is 706 g/mol. The Morgan fingerprint density at radius 1 is 0.870 bits per heavy atom. The summed E-state index contributed by atoms with van der Waals surface area (Å²) in [6, 6.07) is 27.0. The average Bonchev–Trinajstić information content (AvgIpc) is 3.80. The van der Waals surface area contributed by atoms with Gasteiger partial charge in [0.2, 0.25) is 0 Å². The molecule has 1 aliphatic heterocycles. The molecule has 1 saturated carbocycles. The molecule has 2 heterocycles. The third-order valence-corrected chi connectivity index (χ3v) is 11.6. The van der Waals surface area contributed by atoms with Crippen LogP contribution in [0.4, 0.5) is 0 Å². The SMILES string of the molecule is C/C=C\C=C/CC1C2C=CC(C[C@@H]3C=CC=C(C4=Cc5c(oc6cccc(C7=NC(c8ccccc8)NC(c8ccccc8)=N7)c56)CC4)C3)=C(/C=C\C)[C@@H]21. The molecule has 5 atom stereocenters. The Balaban J connectivity index is 1.01. The second-order valence-corrected chi connectivity index (χ2v) is 15.1. The number of amidine groups is 2. The predicted molar refractivity (Wildman–Crippen MR) is 224 cm³/mol. The van der Waals surface area contributed by atoms with E-state index in [0.29, 0.717) is 17.8 Å². The molecule has 4 heteroatoms. The molecule has 9 rings (SSSR count). The first-order chi connectivity index (χ1) is 26.7. The van der Waals surface area contributed by atoms with E-state index in [2.05, 4.69) is 159 Å². The van der Waals surface area contributed by atoms with E-state index in [9.17, 15) is 0 Å². The molecule has 3 unspecified atom stereocenters. The number of nitrogens with zero attached hydrogens (tertiary/aromatic N) is 2. The third-order valence-electron chi connectivity index (χ3n) is 11.6. The van der Waals surface area contributed by atoms with E-state index in [1.54, 1.807) is 5.57 Å². The molecule has 268 valence electrons. The highest BCUT2D eigenvalue weighted by molar-refractivity contribution is 6.18. The highest BCUT2D eigenvalue weighted by Crippen LogP contribution is 2.58. The quantitative estimate of drug-likeness (QED) is 0.167. The number of allylic oxidation sites excluding steroid dienone is 15. The molecule has 0 spiro atoms. The molecule has 4 nitrogen and oxygen atoms in total. The van der Waals surface area contributed by atoms with Gasteiger partial charge in [0, 0.05) is 28.5 Å². The Kier molecular flexibility index (Phi) is 9.43. The first kappa shape index (κ1) is 34.1. The predicted octanol–water partition coefficient (Wildman–Crippen LogP) is 12.0. The maximum atomic E-state index is 6.57. The fraction of sp³-hybridized carbons (Fsp3) is 0.240. The van der Waals surface area contributed by atoms with Crippen molar-refractivity contribution in [3.63, 3.8) is 0 Å². The lowest BCUT2D eigenvalue weighted by Gasteiger charge is -2.25. The highest BCUT2D eigenvalue weighted by Gasteiger charge is 2.50. The van der Waals surface area contributed by atoms with Crippen LogP contribution < -0.4 is 5.32 Å². The van der Waals surface area contributed by atoms with E-state index in [-0.39, 0.29) is 6.17 Å². The zero-order chi connectivity index (χ0) is 36.4. The van der Waals surface area contributed by atoms with Gasteiger partial charge in [-0.1, -0.05) is 140 Å². The highest BCUT2D eigenvalue weighted by atomic mass is 16.3.